The van der Waals surface area contributed by atoms with E-state index >= 15 is 0 Å². The predicted molar refractivity (Wildman–Crippen MR) is 66.9 cm³/mol. The quantitative estimate of drug-likeness (QED) is 0.727. The molecule has 4 N–H and O–H groups in total. The molecule has 1 rings (SSSR count). The van der Waals surface area contributed by atoms with Crippen molar-refractivity contribution in [3.63, 3.8) is 0 Å². The summed E-state index contributed by atoms with van der Waals surface area (Å²) >= 11 is 0. The summed E-state index contributed by atoms with van der Waals surface area (Å²) < 4.78 is 37.6. The second-order valence-electron chi connectivity index (χ2n) is 3.94. The first-order valence-electron chi connectivity index (χ1n) is 5.77. The number of likely N-dealkylation sites (N-methyl/N-ethyl adjacent to an activating group) is 1. The van der Waals surface area contributed by atoms with Gasteiger partial charge in [0.1, 0.15) is 0 Å². The van der Waals surface area contributed by atoms with E-state index in [9.17, 15) is 22.8 Å². The van der Waals surface area contributed by atoms with E-state index in [1.807, 2.05) is 0 Å². The minimum atomic E-state index is -4.57. The molecule has 1 aromatic carbocycles. The summed E-state index contributed by atoms with van der Waals surface area (Å²) in [5.74, 6) is -1.27. The van der Waals surface area contributed by atoms with Gasteiger partial charge < -0.3 is 16.4 Å². The van der Waals surface area contributed by atoms with E-state index in [1.165, 1.54) is 0 Å². The Labute approximate surface area is 113 Å². The number of anilines is 1. The SMILES string of the molecule is CCNC(=O)CNC(=O)c1cc(C(F)(F)F)ccc1N. The smallest absolute Gasteiger partial charge is 0.398 e. The number of halogens is 3. The van der Waals surface area contributed by atoms with Crippen LogP contribution in [0.1, 0.15) is 22.8 Å². The number of nitrogen functional groups attached to an aromatic ring is 1. The topological polar surface area (TPSA) is 84.2 Å². The molecule has 0 atom stereocenters. The van der Waals surface area contributed by atoms with Gasteiger partial charge in [-0.25, -0.2) is 0 Å². The molecule has 0 bridgehead atoms. The Morgan fingerprint density at radius 2 is 1.90 bits per heavy atom. The Bertz CT molecular complexity index is 515. The summed E-state index contributed by atoms with van der Waals surface area (Å²) in [6.07, 6.45) is -4.57. The van der Waals surface area contributed by atoms with E-state index in [-0.39, 0.29) is 17.8 Å². The number of benzene rings is 1. The Morgan fingerprint density at radius 1 is 1.25 bits per heavy atom. The molecule has 1 aromatic rings. The van der Waals surface area contributed by atoms with Crippen molar-refractivity contribution in [2.45, 2.75) is 13.1 Å². The molecular weight excluding hydrogens is 275 g/mol. The zero-order valence-corrected chi connectivity index (χ0v) is 10.7. The van der Waals surface area contributed by atoms with Gasteiger partial charge in [0.15, 0.2) is 0 Å². The zero-order chi connectivity index (χ0) is 15.3. The monoisotopic (exact) mass is 289 g/mol. The minimum Gasteiger partial charge on any atom is -0.398 e. The van der Waals surface area contributed by atoms with Crippen LogP contribution in [0, 0.1) is 0 Å². The van der Waals surface area contributed by atoms with Crippen LogP contribution in [-0.4, -0.2) is 24.9 Å². The standard InChI is InChI=1S/C12H14F3N3O2/c1-2-17-10(19)6-18-11(20)8-5-7(12(13,14)15)3-4-9(8)16/h3-5H,2,6,16H2,1H3,(H,17,19)(H,18,20). The van der Waals surface area contributed by atoms with Crippen LogP contribution in [0.25, 0.3) is 0 Å². The lowest BCUT2D eigenvalue weighted by Gasteiger charge is -2.11. The molecule has 5 nitrogen and oxygen atoms in total. The normalized spacial score (nSPS) is 11.0. The first kappa shape index (κ1) is 15.8. The third-order valence-corrected chi connectivity index (χ3v) is 2.41. The molecule has 0 aliphatic rings. The lowest BCUT2D eigenvalue weighted by molar-refractivity contribution is -0.137. The van der Waals surface area contributed by atoms with Crippen LogP contribution in [-0.2, 0) is 11.0 Å². The number of amides is 2. The molecule has 0 aliphatic heterocycles. The molecule has 0 unspecified atom stereocenters. The van der Waals surface area contributed by atoms with E-state index in [4.69, 9.17) is 5.73 Å². The van der Waals surface area contributed by atoms with Gasteiger partial charge in [-0.2, -0.15) is 13.2 Å². The van der Waals surface area contributed by atoms with Crippen LogP contribution in [0.5, 0.6) is 0 Å². The first-order valence-corrected chi connectivity index (χ1v) is 5.77. The minimum absolute atomic E-state index is 0.0913. The van der Waals surface area contributed by atoms with Crippen molar-refractivity contribution in [1.82, 2.24) is 10.6 Å². The van der Waals surface area contributed by atoms with Crippen molar-refractivity contribution < 1.29 is 22.8 Å². The molecule has 20 heavy (non-hydrogen) atoms. The summed E-state index contributed by atoms with van der Waals surface area (Å²) in [5, 5.41) is 4.64. The van der Waals surface area contributed by atoms with Crippen LogP contribution in [0.15, 0.2) is 18.2 Å². The van der Waals surface area contributed by atoms with Gasteiger partial charge in [-0.3, -0.25) is 9.59 Å². The average molecular weight is 289 g/mol. The highest BCUT2D eigenvalue weighted by Gasteiger charge is 2.31. The zero-order valence-electron chi connectivity index (χ0n) is 10.7. The maximum atomic E-state index is 12.5. The van der Waals surface area contributed by atoms with E-state index in [2.05, 4.69) is 10.6 Å². The van der Waals surface area contributed by atoms with Gasteiger partial charge in [-0.05, 0) is 25.1 Å². The van der Waals surface area contributed by atoms with E-state index in [0.29, 0.717) is 12.6 Å². The summed E-state index contributed by atoms with van der Waals surface area (Å²) in [7, 11) is 0. The number of rotatable bonds is 4. The van der Waals surface area contributed by atoms with Crippen LogP contribution in [0.4, 0.5) is 18.9 Å². The Balaban J connectivity index is 2.85. The first-order chi connectivity index (χ1) is 9.25. The van der Waals surface area contributed by atoms with Crippen LogP contribution in [0.3, 0.4) is 0 Å². The maximum absolute atomic E-state index is 12.5. The van der Waals surface area contributed by atoms with Crippen LogP contribution in [0.2, 0.25) is 0 Å². The van der Waals surface area contributed by atoms with Crippen molar-refractivity contribution in [2.75, 3.05) is 18.8 Å². The Hall–Kier alpha value is -2.25. The summed E-state index contributed by atoms with van der Waals surface area (Å²) in [5.41, 5.74) is 4.09. The highest BCUT2D eigenvalue weighted by atomic mass is 19.4. The van der Waals surface area contributed by atoms with Gasteiger partial charge in [-0.15, -0.1) is 0 Å². The molecule has 2 amide bonds. The van der Waals surface area contributed by atoms with Crippen molar-refractivity contribution in [1.29, 1.82) is 0 Å². The number of carbonyl (C=O) groups is 2. The van der Waals surface area contributed by atoms with Gasteiger partial charge in [0.05, 0.1) is 17.7 Å². The second-order valence-corrected chi connectivity index (χ2v) is 3.94. The molecule has 0 aromatic heterocycles. The molecule has 0 heterocycles. The molecule has 0 aliphatic carbocycles. The summed E-state index contributed by atoms with van der Waals surface area (Å²) in [6.45, 7) is 1.76. The lowest BCUT2D eigenvalue weighted by Crippen LogP contribution is -2.37. The molecule has 8 heteroatoms. The van der Waals surface area contributed by atoms with Gasteiger partial charge >= 0.3 is 6.18 Å². The number of hydrogen-bond acceptors (Lipinski definition) is 3. The van der Waals surface area contributed by atoms with Gasteiger partial charge in [0.25, 0.3) is 5.91 Å². The van der Waals surface area contributed by atoms with Crippen LogP contribution >= 0.6 is 0 Å². The molecule has 0 radical (unpaired) electrons. The summed E-state index contributed by atoms with van der Waals surface area (Å²) in [4.78, 5) is 22.9. The number of hydrogen-bond donors (Lipinski definition) is 3. The summed E-state index contributed by atoms with van der Waals surface area (Å²) in [6, 6.07) is 2.45. The largest absolute Gasteiger partial charge is 0.416 e. The van der Waals surface area contributed by atoms with Gasteiger partial charge in [0, 0.05) is 12.2 Å². The number of alkyl halides is 3. The fraction of sp³-hybridized carbons (Fsp3) is 0.333. The van der Waals surface area contributed by atoms with Gasteiger partial charge in [0.2, 0.25) is 5.91 Å². The fourth-order valence-electron chi connectivity index (χ4n) is 1.44. The second kappa shape index (κ2) is 6.27. The molecule has 0 spiro atoms. The van der Waals surface area contributed by atoms with Crippen molar-refractivity contribution in [2.24, 2.45) is 0 Å². The number of nitrogens with two attached hydrogens (primary N) is 1. The van der Waals surface area contributed by atoms with E-state index in [0.717, 1.165) is 12.1 Å². The Morgan fingerprint density at radius 3 is 2.45 bits per heavy atom. The number of nitrogens with one attached hydrogen (secondary N) is 2. The van der Waals surface area contributed by atoms with E-state index in [1.54, 1.807) is 6.92 Å². The maximum Gasteiger partial charge on any atom is 0.416 e. The van der Waals surface area contributed by atoms with Crippen molar-refractivity contribution >= 4 is 17.5 Å². The number of carbonyl (C=O) groups excluding carboxylic acids is 2. The third kappa shape index (κ3) is 4.15. The highest BCUT2D eigenvalue weighted by molar-refractivity contribution is 6.00. The fourth-order valence-corrected chi connectivity index (χ4v) is 1.44. The van der Waals surface area contributed by atoms with Crippen LogP contribution < -0.4 is 16.4 Å². The van der Waals surface area contributed by atoms with Crippen molar-refractivity contribution in [3.8, 4) is 0 Å². The molecule has 110 valence electrons. The lowest BCUT2D eigenvalue weighted by atomic mass is 10.1. The molecule has 0 saturated carbocycles. The molecule has 0 saturated heterocycles. The Kier molecular flexibility index (Phi) is 4.95. The average Bonchev–Trinajstić information content (AvgIpc) is 2.35. The van der Waals surface area contributed by atoms with Crippen molar-refractivity contribution in [3.05, 3.63) is 29.3 Å². The predicted octanol–water partition coefficient (Wildman–Crippen LogP) is 1.15. The van der Waals surface area contributed by atoms with E-state index < -0.39 is 23.6 Å². The highest BCUT2D eigenvalue weighted by Crippen LogP contribution is 2.31. The van der Waals surface area contributed by atoms with Gasteiger partial charge in [-0.1, -0.05) is 0 Å². The third-order valence-electron chi connectivity index (χ3n) is 2.41. The molecule has 0 fully saturated rings. The molecular formula is C12H14F3N3O2.